The van der Waals surface area contributed by atoms with Crippen LogP contribution in [0.3, 0.4) is 0 Å². The van der Waals surface area contributed by atoms with E-state index in [-0.39, 0.29) is 0 Å². The molecule has 1 N–H and O–H groups in total. The van der Waals surface area contributed by atoms with Crippen LogP contribution in [0, 0.1) is 5.41 Å². The Morgan fingerprint density at radius 3 is 3.05 bits per heavy atom. The molecule has 110 valence electrons. The summed E-state index contributed by atoms with van der Waals surface area (Å²) in [7, 11) is 0. The van der Waals surface area contributed by atoms with Gasteiger partial charge in [-0.05, 0) is 37.4 Å². The van der Waals surface area contributed by atoms with Gasteiger partial charge in [-0.25, -0.2) is 0 Å². The average molecular weight is 274 g/mol. The fourth-order valence-corrected chi connectivity index (χ4v) is 3.54. The maximum atomic E-state index is 5.72. The third-order valence-corrected chi connectivity index (χ3v) is 4.67. The molecule has 0 radical (unpaired) electrons. The minimum absolute atomic E-state index is 0.292. The van der Waals surface area contributed by atoms with Crippen molar-refractivity contribution in [3.63, 3.8) is 0 Å². The van der Waals surface area contributed by atoms with E-state index in [2.05, 4.69) is 41.4 Å². The summed E-state index contributed by atoms with van der Waals surface area (Å²) in [5.41, 5.74) is 3.25. The summed E-state index contributed by atoms with van der Waals surface area (Å²) in [5, 5.41) is 3.54. The van der Waals surface area contributed by atoms with E-state index < -0.39 is 0 Å². The standard InChI is InChI=1S/C17H26N2O/c1-2-18-12-17(9-11-20-14-17)13-19-10-5-7-15-6-3-4-8-16(15)19/h3-4,6,8,18H,2,5,7,9-14H2,1H3. The molecule has 0 bridgehead atoms. The van der Waals surface area contributed by atoms with Gasteiger partial charge in [-0.15, -0.1) is 0 Å². The second-order valence-corrected chi connectivity index (χ2v) is 6.24. The number of nitrogens with zero attached hydrogens (tertiary/aromatic N) is 1. The molecule has 1 aromatic rings. The molecule has 2 heterocycles. The van der Waals surface area contributed by atoms with Gasteiger partial charge in [-0.1, -0.05) is 25.1 Å². The molecular weight excluding hydrogens is 248 g/mol. The summed E-state index contributed by atoms with van der Waals surface area (Å²) in [4.78, 5) is 2.59. The highest BCUT2D eigenvalue weighted by Gasteiger charge is 2.37. The van der Waals surface area contributed by atoms with Crippen molar-refractivity contribution in [1.82, 2.24) is 5.32 Å². The van der Waals surface area contributed by atoms with E-state index in [4.69, 9.17) is 4.74 Å². The number of rotatable bonds is 5. The molecule has 0 saturated carbocycles. The van der Waals surface area contributed by atoms with Gasteiger partial charge in [0.1, 0.15) is 0 Å². The second kappa shape index (κ2) is 6.15. The molecule has 1 fully saturated rings. The van der Waals surface area contributed by atoms with Crippen LogP contribution in [-0.2, 0) is 11.2 Å². The first-order valence-electron chi connectivity index (χ1n) is 7.94. The Kier molecular flexibility index (Phi) is 4.27. The zero-order valence-corrected chi connectivity index (χ0v) is 12.5. The Morgan fingerprint density at radius 1 is 1.35 bits per heavy atom. The van der Waals surface area contributed by atoms with Crippen molar-refractivity contribution >= 4 is 5.69 Å². The van der Waals surface area contributed by atoms with Gasteiger partial charge >= 0.3 is 0 Å². The quantitative estimate of drug-likeness (QED) is 0.892. The van der Waals surface area contributed by atoms with Crippen LogP contribution in [0.25, 0.3) is 0 Å². The van der Waals surface area contributed by atoms with Gasteiger partial charge < -0.3 is 15.0 Å². The van der Waals surface area contributed by atoms with E-state index in [0.29, 0.717) is 5.41 Å². The number of para-hydroxylation sites is 1. The molecule has 3 nitrogen and oxygen atoms in total. The number of hydrogen-bond donors (Lipinski definition) is 1. The number of benzene rings is 1. The molecule has 3 heteroatoms. The van der Waals surface area contributed by atoms with Crippen LogP contribution in [0.2, 0.25) is 0 Å². The highest BCUT2D eigenvalue weighted by atomic mass is 16.5. The van der Waals surface area contributed by atoms with Crippen molar-refractivity contribution in [3.8, 4) is 0 Å². The third-order valence-electron chi connectivity index (χ3n) is 4.67. The Labute approximate surface area is 122 Å². The smallest absolute Gasteiger partial charge is 0.0552 e. The van der Waals surface area contributed by atoms with Gasteiger partial charge in [0, 0.05) is 37.3 Å². The molecule has 1 unspecified atom stereocenters. The van der Waals surface area contributed by atoms with E-state index >= 15 is 0 Å². The average Bonchev–Trinajstić information content (AvgIpc) is 2.95. The van der Waals surface area contributed by atoms with Crippen LogP contribution in [0.15, 0.2) is 24.3 Å². The normalized spacial score (nSPS) is 25.8. The van der Waals surface area contributed by atoms with E-state index in [1.165, 1.54) is 37.1 Å². The van der Waals surface area contributed by atoms with E-state index in [1.54, 1.807) is 0 Å². The minimum atomic E-state index is 0.292. The predicted octanol–water partition coefficient (Wildman–Crippen LogP) is 2.46. The zero-order valence-electron chi connectivity index (χ0n) is 12.5. The number of anilines is 1. The van der Waals surface area contributed by atoms with Crippen LogP contribution in [0.5, 0.6) is 0 Å². The van der Waals surface area contributed by atoms with Gasteiger partial charge in [0.05, 0.1) is 6.61 Å². The number of aryl methyl sites for hydroxylation is 1. The van der Waals surface area contributed by atoms with Gasteiger partial charge in [0.2, 0.25) is 0 Å². The molecule has 0 spiro atoms. The molecule has 2 aliphatic rings. The topological polar surface area (TPSA) is 24.5 Å². The number of nitrogens with one attached hydrogen (secondary N) is 1. The van der Waals surface area contributed by atoms with Crippen molar-refractivity contribution in [3.05, 3.63) is 29.8 Å². The SMILES string of the molecule is CCNCC1(CN2CCCc3ccccc32)CCOC1. The number of ether oxygens (including phenoxy) is 1. The lowest BCUT2D eigenvalue weighted by molar-refractivity contribution is 0.152. The van der Waals surface area contributed by atoms with Crippen molar-refractivity contribution in [2.45, 2.75) is 26.2 Å². The third kappa shape index (κ3) is 2.84. The first-order valence-corrected chi connectivity index (χ1v) is 7.94. The number of hydrogen-bond acceptors (Lipinski definition) is 3. The van der Waals surface area contributed by atoms with Gasteiger partial charge in [0.15, 0.2) is 0 Å². The Hall–Kier alpha value is -1.06. The van der Waals surface area contributed by atoms with Gasteiger partial charge in [0.25, 0.3) is 0 Å². The Morgan fingerprint density at radius 2 is 2.25 bits per heavy atom. The van der Waals surface area contributed by atoms with Crippen LogP contribution in [-0.4, -0.2) is 39.4 Å². The molecule has 1 aromatic carbocycles. The maximum Gasteiger partial charge on any atom is 0.0552 e. The summed E-state index contributed by atoms with van der Waals surface area (Å²) in [5.74, 6) is 0. The summed E-state index contributed by atoms with van der Waals surface area (Å²) in [6.07, 6.45) is 3.68. The maximum absolute atomic E-state index is 5.72. The molecule has 2 aliphatic heterocycles. The summed E-state index contributed by atoms with van der Waals surface area (Å²) in [6.45, 7) is 8.42. The van der Waals surface area contributed by atoms with Crippen LogP contribution >= 0.6 is 0 Å². The predicted molar refractivity (Wildman–Crippen MR) is 83.4 cm³/mol. The molecule has 3 rings (SSSR count). The largest absolute Gasteiger partial charge is 0.381 e. The van der Waals surface area contributed by atoms with E-state index in [0.717, 1.165) is 32.8 Å². The first kappa shape index (κ1) is 13.9. The van der Waals surface area contributed by atoms with Crippen molar-refractivity contribution in [2.24, 2.45) is 5.41 Å². The summed E-state index contributed by atoms with van der Waals surface area (Å²) < 4.78 is 5.72. The van der Waals surface area contributed by atoms with Crippen LogP contribution in [0.1, 0.15) is 25.3 Å². The molecule has 0 aromatic heterocycles. The first-order chi connectivity index (χ1) is 9.83. The lowest BCUT2D eigenvalue weighted by Crippen LogP contribution is -2.46. The monoisotopic (exact) mass is 274 g/mol. The molecular formula is C17H26N2O. The molecule has 0 amide bonds. The van der Waals surface area contributed by atoms with Crippen molar-refractivity contribution < 1.29 is 4.74 Å². The summed E-state index contributed by atoms with van der Waals surface area (Å²) in [6, 6.07) is 8.89. The summed E-state index contributed by atoms with van der Waals surface area (Å²) >= 11 is 0. The Bertz CT molecular complexity index is 440. The fraction of sp³-hybridized carbons (Fsp3) is 0.647. The zero-order chi connectivity index (χ0) is 13.8. The minimum Gasteiger partial charge on any atom is -0.381 e. The van der Waals surface area contributed by atoms with Crippen LogP contribution in [0.4, 0.5) is 5.69 Å². The molecule has 0 aliphatic carbocycles. The van der Waals surface area contributed by atoms with Crippen molar-refractivity contribution in [1.29, 1.82) is 0 Å². The lowest BCUT2D eigenvalue weighted by Gasteiger charge is -2.39. The lowest BCUT2D eigenvalue weighted by atomic mass is 9.85. The van der Waals surface area contributed by atoms with Gasteiger partial charge in [-0.3, -0.25) is 0 Å². The second-order valence-electron chi connectivity index (χ2n) is 6.24. The van der Waals surface area contributed by atoms with E-state index in [9.17, 15) is 0 Å². The molecule has 20 heavy (non-hydrogen) atoms. The van der Waals surface area contributed by atoms with Crippen LogP contribution < -0.4 is 10.2 Å². The highest BCUT2D eigenvalue weighted by molar-refractivity contribution is 5.55. The van der Waals surface area contributed by atoms with E-state index in [1.807, 2.05) is 0 Å². The van der Waals surface area contributed by atoms with Crippen molar-refractivity contribution in [2.75, 3.05) is 44.3 Å². The number of fused-ring (bicyclic) bond motifs is 1. The Balaban J connectivity index is 1.76. The fourth-order valence-electron chi connectivity index (χ4n) is 3.54. The molecule has 1 atom stereocenters. The van der Waals surface area contributed by atoms with Gasteiger partial charge in [-0.2, -0.15) is 0 Å². The molecule has 1 saturated heterocycles. The highest BCUT2D eigenvalue weighted by Crippen LogP contribution is 2.34.